The average Bonchev–Trinajstić information content (AvgIpc) is 2.70. The lowest BCUT2D eigenvalue weighted by atomic mass is 10.0. The highest BCUT2D eigenvalue weighted by Crippen LogP contribution is 2.21. The maximum atomic E-state index is 5.55. The Kier molecular flexibility index (Phi) is 3.92. The molecule has 1 aromatic heterocycles. The standard InChI is InChI=1S/C16H20N4/c17-8-7-13-10-18-16(19-11-13)20-9-3-6-14-4-1-2-5-15(14)12-20/h1-2,4-5,10-11H,3,6-9,12,17H2. The fourth-order valence-electron chi connectivity index (χ4n) is 2.68. The van der Waals surface area contributed by atoms with Crippen molar-refractivity contribution in [2.24, 2.45) is 5.73 Å². The van der Waals surface area contributed by atoms with E-state index in [2.05, 4.69) is 39.1 Å². The predicted octanol–water partition coefficient (Wildman–Crippen LogP) is 1.93. The van der Waals surface area contributed by atoms with Gasteiger partial charge < -0.3 is 10.6 Å². The minimum atomic E-state index is 0.639. The van der Waals surface area contributed by atoms with Gasteiger partial charge in [-0.05, 0) is 42.5 Å². The Hall–Kier alpha value is -1.94. The quantitative estimate of drug-likeness (QED) is 0.924. The third-order valence-corrected chi connectivity index (χ3v) is 3.76. The van der Waals surface area contributed by atoms with Gasteiger partial charge in [0.25, 0.3) is 0 Å². The Balaban J connectivity index is 1.80. The number of nitrogens with two attached hydrogens (primary N) is 1. The van der Waals surface area contributed by atoms with Crippen molar-refractivity contribution < 1.29 is 0 Å². The topological polar surface area (TPSA) is 55.0 Å². The fraction of sp³-hybridized carbons (Fsp3) is 0.375. The van der Waals surface area contributed by atoms with Crippen molar-refractivity contribution in [3.63, 3.8) is 0 Å². The molecule has 0 fully saturated rings. The smallest absolute Gasteiger partial charge is 0.225 e. The summed E-state index contributed by atoms with van der Waals surface area (Å²) in [5, 5.41) is 0. The molecule has 0 saturated heterocycles. The van der Waals surface area contributed by atoms with Gasteiger partial charge in [-0.3, -0.25) is 0 Å². The third kappa shape index (κ3) is 2.80. The van der Waals surface area contributed by atoms with E-state index in [1.807, 2.05) is 12.4 Å². The lowest BCUT2D eigenvalue weighted by molar-refractivity contribution is 0.738. The molecule has 4 heteroatoms. The molecule has 1 aliphatic rings. The number of anilines is 1. The molecule has 104 valence electrons. The summed E-state index contributed by atoms with van der Waals surface area (Å²) in [5.74, 6) is 0.822. The summed E-state index contributed by atoms with van der Waals surface area (Å²) in [5.41, 5.74) is 9.49. The Morgan fingerprint density at radius 2 is 1.85 bits per heavy atom. The van der Waals surface area contributed by atoms with E-state index in [-0.39, 0.29) is 0 Å². The van der Waals surface area contributed by atoms with Crippen LogP contribution in [0.15, 0.2) is 36.7 Å². The van der Waals surface area contributed by atoms with Crippen molar-refractivity contribution in [3.8, 4) is 0 Å². The first-order valence-electron chi connectivity index (χ1n) is 7.19. The SMILES string of the molecule is NCCc1cnc(N2CCCc3ccccc3C2)nc1. The van der Waals surface area contributed by atoms with Gasteiger partial charge in [0.15, 0.2) is 0 Å². The van der Waals surface area contributed by atoms with Gasteiger partial charge in [0.05, 0.1) is 0 Å². The summed E-state index contributed by atoms with van der Waals surface area (Å²) >= 11 is 0. The lowest BCUT2D eigenvalue weighted by Crippen LogP contribution is -2.24. The van der Waals surface area contributed by atoms with E-state index in [9.17, 15) is 0 Å². The Morgan fingerprint density at radius 1 is 1.10 bits per heavy atom. The molecule has 1 aromatic carbocycles. The van der Waals surface area contributed by atoms with Crippen LogP contribution in [0.4, 0.5) is 5.95 Å². The first kappa shape index (κ1) is 13.1. The molecule has 0 spiro atoms. The maximum Gasteiger partial charge on any atom is 0.225 e. The number of nitrogens with zero attached hydrogens (tertiary/aromatic N) is 3. The molecule has 2 aromatic rings. The third-order valence-electron chi connectivity index (χ3n) is 3.76. The van der Waals surface area contributed by atoms with Crippen molar-refractivity contribution in [2.45, 2.75) is 25.8 Å². The Labute approximate surface area is 119 Å². The second kappa shape index (κ2) is 6.01. The maximum absolute atomic E-state index is 5.55. The molecule has 3 rings (SSSR count). The van der Waals surface area contributed by atoms with Crippen LogP contribution in [0.5, 0.6) is 0 Å². The van der Waals surface area contributed by atoms with E-state index in [1.54, 1.807) is 0 Å². The Bertz CT molecular complexity index is 565. The normalized spacial score (nSPS) is 14.8. The molecule has 0 radical (unpaired) electrons. The van der Waals surface area contributed by atoms with Crippen LogP contribution in [0.25, 0.3) is 0 Å². The second-order valence-corrected chi connectivity index (χ2v) is 5.22. The molecular formula is C16H20N4. The molecule has 0 aliphatic carbocycles. The van der Waals surface area contributed by atoms with Crippen molar-refractivity contribution in [1.82, 2.24) is 9.97 Å². The van der Waals surface area contributed by atoms with E-state index in [0.717, 1.165) is 43.9 Å². The van der Waals surface area contributed by atoms with E-state index >= 15 is 0 Å². The van der Waals surface area contributed by atoms with Crippen molar-refractivity contribution in [2.75, 3.05) is 18.0 Å². The van der Waals surface area contributed by atoms with E-state index in [4.69, 9.17) is 5.73 Å². The van der Waals surface area contributed by atoms with Crippen LogP contribution in [0, 0.1) is 0 Å². The van der Waals surface area contributed by atoms with Crippen LogP contribution in [-0.4, -0.2) is 23.1 Å². The van der Waals surface area contributed by atoms with Crippen molar-refractivity contribution in [1.29, 1.82) is 0 Å². The zero-order valence-corrected chi connectivity index (χ0v) is 11.6. The number of benzene rings is 1. The van der Waals surface area contributed by atoms with Crippen LogP contribution < -0.4 is 10.6 Å². The predicted molar refractivity (Wildman–Crippen MR) is 80.6 cm³/mol. The minimum Gasteiger partial charge on any atom is -0.336 e. The first-order chi connectivity index (χ1) is 9.86. The highest BCUT2D eigenvalue weighted by Gasteiger charge is 2.16. The molecule has 0 bridgehead atoms. The van der Waals surface area contributed by atoms with Gasteiger partial charge in [0, 0.05) is 25.5 Å². The summed E-state index contributed by atoms with van der Waals surface area (Å²) in [6.07, 6.45) is 6.91. The van der Waals surface area contributed by atoms with Crippen LogP contribution in [0.2, 0.25) is 0 Å². The summed E-state index contributed by atoms with van der Waals surface area (Å²) in [6, 6.07) is 8.65. The molecular weight excluding hydrogens is 248 g/mol. The van der Waals surface area contributed by atoms with Gasteiger partial charge in [-0.25, -0.2) is 9.97 Å². The molecule has 0 unspecified atom stereocenters. The van der Waals surface area contributed by atoms with E-state index in [1.165, 1.54) is 11.1 Å². The lowest BCUT2D eigenvalue weighted by Gasteiger charge is -2.20. The van der Waals surface area contributed by atoms with Gasteiger partial charge in [-0.1, -0.05) is 24.3 Å². The van der Waals surface area contributed by atoms with Crippen LogP contribution in [-0.2, 0) is 19.4 Å². The second-order valence-electron chi connectivity index (χ2n) is 5.22. The molecule has 20 heavy (non-hydrogen) atoms. The summed E-state index contributed by atoms with van der Waals surface area (Å²) in [7, 11) is 0. The van der Waals surface area contributed by atoms with Crippen LogP contribution >= 0.6 is 0 Å². The number of fused-ring (bicyclic) bond motifs is 1. The first-order valence-corrected chi connectivity index (χ1v) is 7.19. The average molecular weight is 268 g/mol. The summed E-state index contributed by atoms with van der Waals surface area (Å²) in [6.45, 7) is 2.54. The molecule has 2 N–H and O–H groups in total. The number of rotatable bonds is 3. The van der Waals surface area contributed by atoms with Crippen LogP contribution in [0.1, 0.15) is 23.1 Å². The number of aryl methyl sites for hydroxylation is 1. The fourth-order valence-corrected chi connectivity index (χ4v) is 2.68. The van der Waals surface area contributed by atoms with Crippen molar-refractivity contribution in [3.05, 3.63) is 53.3 Å². The van der Waals surface area contributed by atoms with E-state index in [0.29, 0.717) is 6.54 Å². The molecule has 0 atom stereocenters. The van der Waals surface area contributed by atoms with Crippen molar-refractivity contribution >= 4 is 5.95 Å². The van der Waals surface area contributed by atoms with E-state index < -0.39 is 0 Å². The highest BCUT2D eigenvalue weighted by atomic mass is 15.2. The van der Waals surface area contributed by atoms with Gasteiger partial charge in [-0.15, -0.1) is 0 Å². The largest absolute Gasteiger partial charge is 0.336 e. The number of hydrogen-bond acceptors (Lipinski definition) is 4. The molecule has 2 heterocycles. The highest BCUT2D eigenvalue weighted by molar-refractivity contribution is 5.37. The van der Waals surface area contributed by atoms with Gasteiger partial charge >= 0.3 is 0 Å². The summed E-state index contributed by atoms with van der Waals surface area (Å²) < 4.78 is 0. The number of aromatic nitrogens is 2. The Morgan fingerprint density at radius 3 is 2.60 bits per heavy atom. The van der Waals surface area contributed by atoms with Gasteiger partial charge in [0.2, 0.25) is 5.95 Å². The zero-order chi connectivity index (χ0) is 13.8. The molecule has 0 saturated carbocycles. The summed E-state index contributed by atoms with van der Waals surface area (Å²) in [4.78, 5) is 11.3. The number of hydrogen-bond donors (Lipinski definition) is 1. The monoisotopic (exact) mass is 268 g/mol. The van der Waals surface area contributed by atoms with Crippen LogP contribution in [0.3, 0.4) is 0 Å². The van der Waals surface area contributed by atoms with Gasteiger partial charge in [-0.2, -0.15) is 0 Å². The molecule has 1 aliphatic heterocycles. The minimum absolute atomic E-state index is 0.639. The molecule has 0 amide bonds. The molecule has 4 nitrogen and oxygen atoms in total. The van der Waals surface area contributed by atoms with Gasteiger partial charge in [0.1, 0.15) is 0 Å². The zero-order valence-electron chi connectivity index (χ0n) is 11.6.